The maximum Gasteiger partial charge on any atom is 0.513 e. The van der Waals surface area contributed by atoms with Gasteiger partial charge in [0.05, 0.1) is 29.4 Å². The van der Waals surface area contributed by atoms with Gasteiger partial charge >= 0.3 is 6.16 Å². The first-order chi connectivity index (χ1) is 13.7. The summed E-state index contributed by atoms with van der Waals surface area (Å²) in [6, 6.07) is 4.13. The largest absolute Gasteiger partial charge is 0.513 e. The van der Waals surface area contributed by atoms with Gasteiger partial charge in [0.2, 0.25) is 15.9 Å². The molecule has 0 fully saturated rings. The standard InChI is InChI=1S/C17H15N5O6S/c1-8-12(28-17(24)27-2)6-22-15(8)14(19-7-20-22)13-10-5-9(29(18,25)26)3-4-11(10)21-16(13)23/h3-7,13H,1-2H3,(H,21,23)(H2,18,25,26). The number of ether oxygens (including phenoxy) is 2. The first-order valence-corrected chi connectivity index (χ1v) is 9.81. The highest BCUT2D eigenvalue weighted by atomic mass is 32.2. The maximum atomic E-state index is 12.7. The molecule has 4 rings (SSSR count). The molecule has 0 aliphatic carbocycles. The summed E-state index contributed by atoms with van der Waals surface area (Å²) in [6.07, 6.45) is 1.81. The second-order valence-electron chi connectivity index (χ2n) is 6.33. The number of rotatable bonds is 3. The highest BCUT2D eigenvalue weighted by Crippen LogP contribution is 2.40. The van der Waals surface area contributed by atoms with Gasteiger partial charge in [-0.25, -0.2) is 27.9 Å². The molecule has 0 saturated heterocycles. The smallest absolute Gasteiger partial charge is 0.437 e. The van der Waals surface area contributed by atoms with Gasteiger partial charge in [-0.15, -0.1) is 0 Å². The van der Waals surface area contributed by atoms with Crippen molar-refractivity contribution < 1.29 is 27.5 Å². The lowest BCUT2D eigenvalue weighted by Gasteiger charge is -2.11. The number of methoxy groups -OCH3 is 1. The van der Waals surface area contributed by atoms with Gasteiger partial charge in [0.15, 0.2) is 5.75 Å². The topological polar surface area (TPSA) is 155 Å². The number of hydrogen-bond acceptors (Lipinski definition) is 8. The summed E-state index contributed by atoms with van der Waals surface area (Å²) in [5, 5.41) is 12.0. The van der Waals surface area contributed by atoms with Crippen LogP contribution in [0.3, 0.4) is 0 Å². The molecule has 2 aromatic heterocycles. The third-order valence-electron chi connectivity index (χ3n) is 4.62. The van der Waals surface area contributed by atoms with Crippen LogP contribution in [0.15, 0.2) is 35.6 Å². The SMILES string of the molecule is COC(=O)Oc1cn2ncnc(C3C(=O)Nc4ccc(S(N)(=O)=O)cc43)c2c1C. The fourth-order valence-electron chi connectivity index (χ4n) is 3.30. The van der Waals surface area contributed by atoms with Crippen molar-refractivity contribution in [3.05, 3.63) is 47.5 Å². The Bertz CT molecular complexity index is 1280. The van der Waals surface area contributed by atoms with Gasteiger partial charge in [-0.1, -0.05) is 0 Å². The van der Waals surface area contributed by atoms with Crippen molar-refractivity contribution in [3.63, 3.8) is 0 Å². The van der Waals surface area contributed by atoms with E-state index in [0.717, 1.165) is 0 Å². The van der Waals surface area contributed by atoms with Crippen molar-refractivity contribution in [1.82, 2.24) is 14.6 Å². The number of hydrogen-bond donors (Lipinski definition) is 2. The molecule has 0 bridgehead atoms. The van der Waals surface area contributed by atoms with Gasteiger partial charge < -0.3 is 14.8 Å². The molecule has 0 spiro atoms. The number of carbonyl (C=O) groups is 2. The molecule has 0 saturated carbocycles. The second-order valence-corrected chi connectivity index (χ2v) is 7.89. The molecular formula is C17H15N5O6S. The Morgan fingerprint density at radius 1 is 1.34 bits per heavy atom. The number of anilines is 1. The first kappa shape index (κ1) is 18.8. The Morgan fingerprint density at radius 3 is 2.79 bits per heavy atom. The van der Waals surface area contributed by atoms with E-state index in [2.05, 4.69) is 20.1 Å². The van der Waals surface area contributed by atoms with Crippen molar-refractivity contribution in [2.45, 2.75) is 17.7 Å². The molecule has 1 aliphatic heterocycles. The lowest BCUT2D eigenvalue weighted by molar-refractivity contribution is -0.116. The Labute approximate surface area is 164 Å². The van der Waals surface area contributed by atoms with Crippen LogP contribution in [0.2, 0.25) is 0 Å². The number of carbonyl (C=O) groups excluding carboxylic acids is 2. The molecule has 3 heterocycles. The van der Waals surface area contributed by atoms with Crippen LogP contribution < -0.4 is 15.2 Å². The van der Waals surface area contributed by atoms with Crippen LogP contribution in [0, 0.1) is 6.92 Å². The van der Waals surface area contributed by atoms with Crippen molar-refractivity contribution in [2.24, 2.45) is 5.14 Å². The van der Waals surface area contributed by atoms with Gasteiger partial charge in [-0.2, -0.15) is 5.10 Å². The molecule has 1 unspecified atom stereocenters. The molecule has 150 valence electrons. The molecule has 12 heteroatoms. The fraction of sp³-hybridized carbons (Fsp3) is 0.176. The van der Waals surface area contributed by atoms with Crippen LogP contribution in [0.4, 0.5) is 10.5 Å². The normalized spacial score (nSPS) is 15.8. The number of benzene rings is 1. The summed E-state index contributed by atoms with van der Waals surface area (Å²) >= 11 is 0. The summed E-state index contributed by atoms with van der Waals surface area (Å²) in [6.45, 7) is 1.68. The average Bonchev–Trinajstić information content (AvgIpc) is 3.16. The molecule has 11 nitrogen and oxygen atoms in total. The second kappa shape index (κ2) is 6.53. The van der Waals surface area contributed by atoms with Crippen LogP contribution in [0.25, 0.3) is 5.52 Å². The van der Waals surface area contributed by atoms with E-state index in [-0.39, 0.29) is 16.6 Å². The maximum absolute atomic E-state index is 12.7. The Hall–Kier alpha value is -3.51. The minimum Gasteiger partial charge on any atom is -0.437 e. The lowest BCUT2D eigenvalue weighted by Crippen LogP contribution is -2.16. The van der Waals surface area contributed by atoms with E-state index >= 15 is 0 Å². The van der Waals surface area contributed by atoms with Crippen LogP contribution >= 0.6 is 0 Å². The van der Waals surface area contributed by atoms with E-state index in [1.54, 1.807) is 6.92 Å². The minimum absolute atomic E-state index is 0.121. The summed E-state index contributed by atoms with van der Waals surface area (Å²) < 4.78 is 34.5. The van der Waals surface area contributed by atoms with E-state index in [4.69, 9.17) is 9.88 Å². The van der Waals surface area contributed by atoms with Crippen LogP contribution in [-0.2, 0) is 19.6 Å². The van der Waals surface area contributed by atoms with Gasteiger partial charge in [-0.05, 0) is 30.7 Å². The zero-order valence-electron chi connectivity index (χ0n) is 15.2. The summed E-state index contributed by atoms with van der Waals surface area (Å²) in [7, 11) is -2.78. The number of primary sulfonamides is 1. The van der Waals surface area contributed by atoms with Crippen molar-refractivity contribution in [2.75, 3.05) is 12.4 Å². The zero-order valence-corrected chi connectivity index (χ0v) is 16.1. The molecule has 1 amide bonds. The monoisotopic (exact) mass is 417 g/mol. The van der Waals surface area contributed by atoms with Crippen molar-refractivity contribution in [3.8, 4) is 5.75 Å². The van der Waals surface area contributed by atoms with Gasteiger partial charge in [0.1, 0.15) is 12.2 Å². The molecule has 1 atom stereocenters. The number of aryl methyl sites for hydroxylation is 1. The number of nitrogens with one attached hydrogen (secondary N) is 1. The van der Waals surface area contributed by atoms with Crippen molar-refractivity contribution in [1.29, 1.82) is 0 Å². The Morgan fingerprint density at radius 2 is 2.10 bits per heavy atom. The average molecular weight is 417 g/mol. The van der Waals surface area contributed by atoms with E-state index < -0.39 is 22.1 Å². The highest BCUT2D eigenvalue weighted by Gasteiger charge is 2.36. The van der Waals surface area contributed by atoms with E-state index in [9.17, 15) is 18.0 Å². The Kier molecular flexibility index (Phi) is 4.24. The predicted molar refractivity (Wildman–Crippen MR) is 99.0 cm³/mol. The third-order valence-corrected chi connectivity index (χ3v) is 5.54. The predicted octanol–water partition coefficient (Wildman–Crippen LogP) is 0.914. The minimum atomic E-state index is -3.96. The highest BCUT2D eigenvalue weighted by molar-refractivity contribution is 7.89. The molecule has 1 aliphatic rings. The van der Waals surface area contributed by atoms with Crippen LogP contribution in [0.5, 0.6) is 5.75 Å². The zero-order chi connectivity index (χ0) is 20.9. The Balaban J connectivity index is 1.90. The number of nitrogens with two attached hydrogens (primary N) is 1. The van der Waals surface area contributed by atoms with Gasteiger partial charge in [-0.3, -0.25) is 4.79 Å². The molecular weight excluding hydrogens is 402 g/mol. The quantitative estimate of drug-likeness (QED) is 0.596. The number of aromatic nitrogens is 3. The van der Waals surface area contributed by atoms with Gasteiger partial charge in [0.25, 0.3) is 0 Å². The summed E-state index contributed by atoms with van der Waals surface area (Å²) in [5.41, 5.74) is 2.15. The van der Waals surface area contributed by atoms with E-state index in [1.807, 2.05) is 0 Å². The molecule has 1 aromatic carbocycles. The first-order valence-electron chi connectivity index (χ1n) is 8.27. The summed E-state index contributed by atoms with van der Waals surface area (Å²) in [5.74, 6) is -1.10. The fourth-order valence-corrected chi connectivity index (χ4v) is 3.85. The lowest BCUT2D eigenvalue weighted by atomic mass is 9.95. The van der Waals surface area contributed by atoms with E-state index in [0.29, 0.717) is 28.0 Å². The number of sulfonamides is 1. The van der Waals surface area contributed by atoms with Crippen LogP contribution in [-0.4, -0.2) is 42.2 Å². The molecule has 0 radical (unpaired) electrons. The van der Waals surface area contributed by atoms with Gasteiger partial charge in [0, 0.05) is 11.3 Å². The molecule has 3 aromatic rings. The van der Waals surface area contributed by atoms with Crippen LogP contribution in [0.1, 0.15) is 22.7 Å². The number of amides is 1. The number of fused-ring (bicyclic) bond motifs is 2. The summed E-state index contributed by atoms with van der Waals surface area (Å²) in [4.78, 5) is 28.3. The van der Waals surface area contributed by atoms with Crippen molar-refractivity contribution >= 4 is 33.3 Å². The van der Waals surface area contributed by atoms with E-state index in [1.165, 1.54) is 42.3 Å². The molecule has 3 N–H and O–H groups in total. The third kappa shape index (κ3) is 3.07. The molecule has 29 heavy (non-hydrogen) atoms. The number of nitrogens with zero attached hydrogens (tertiary/aromatic N) is 3.